The number of rotatable bonds is 7. The second-order valence-corrected chi connectivity index (χ2v) is 11.6. The van der Waals surface area contributed by atoms with Crippen LogP contribution in [0.2, 0.25) is 0 Å². The lowest BCUT2D eigenvalue weighted by molar-refractivity contribution is 0.309. The van der Waals surface area contributed by atoms with Gasteiger partial charge in [0.1, 0.15) is 12.4 Å². The molecule has 2 heteroatoms. The van der Waals surface area contributed by atoms with Gasteiger partial charge in [0, 0.05) is 5.56 Å². The summed E-state index contributed by atoms with van der Waals surface area (Å²) in [5.74, 6) is 0.895. The van der Waals surface area contributed by atoms with E-state index < -0.39 is 0 Å². The Hall–Kier alpha value is -4.71. The van der Waals surface area contributed by atoms with Crippen LogP contribution in [0.25, 0.3) is 43.8 Å². The second kappa shape index (κ2) is 11.4. The van der Waals surface area contributed by atoms with E-state index in [1.54, 1.807) is 0 Å². The highest BCUT2D eigenvalue weighted by atomic mass is 31.1. The first kappa shape index (κ1) is 25.3. The average molecular weight is 545 g/mol. The Kier molecular flexibility index (Phi) is 7.04. The molecule has 0 fully saturated rings. The normalized spacial score (nSPS) is 11.4. The minimum atomic E-state index is 0.504. The van der Waals surface area contributed by atoms with Crippen molar-refractivity contribution in [3.8, 4) is 28.0 Å². The zero-order chi connectivity index (χ0) is 27.4. The molecule has 7 aromatic carbocycles. The molecule has 0 saturated carbocycles. The van der Waals surface area contributed by atoms with Gasteiger partial charge in [-0.05, 0) is 60.5 Å². The Balaban J connectivity index is 1.29. The third-order valence-corrected chi connectivity index (χ3v) is 8.85. The van der Waals surface area contributed by atoms with E-state index in [0.717, 1.165) is 11.3 Å². The summed E-state index contributed by atoms with van der Waals surface area (Å²) in [6.45, 7) is 0.504. The number of hydrogen-bond acceptors (Lipinski definition) is 1. The lowest BCUT2D eigenvalue weighted by atomic mass is 9.91. The molecule has 0 saturated heterocycles. The molecule has 0 aromatic heterocycles. The van der Waals surface area contributed by atoms with Crippen molar-refractivity contribution in [1.29, 1.82) is 0 Å². The largest absolute Gasteiger partial charge is 0.488 e. The lowest BCUT2D eigenvalue weighted by Gasteiger charge is -2.18. The zero-order valence-corrected chi connectivity index (χ0v) is 23.6. The van der Waals surface area contributed by atoms with E-state index in [4.69, 9.17) is 4.74 Å². The highest BCUT2D eigenvalue weighted by Crippen LogP contribution is 2.42. The molecule has 0 N–H and O–H groups in total. The fraction of sp³-hybridized carbons (Fsp3) is 0.0256. The van der Waals surface area contributed by atoms with Crippen molar-refractivity contribution < 1.29 is 4.74 Å². The van der Waals surface area contributed by atoms with E-state index in [2.05, 4.69) is 158 Å². The van der Waals surface area contributed by atoms with Crippen LogP contribution in [0.4, 0.5) is 0 Å². The van der Waals surface area contributed by atoms with Crippen molar-refractivity contribution >= 4 is 40.7 Å². The van der Waals surface area contributed by atoms with Gasteiger partial charge in [-0.1, -0.05) is 160 Å². The van der Waals surface area contributed by atoms with Crippen LogP contribution in [0.3, 0.4) is 0 Å². The molecule has 7 rings (SSSR count). The summed E-state index contributed by atoms with van der Waals surface area (Å²) in [7, 11) is 0.645. The first-order chi connectivity index (χ1) is 20.3. The number of benzene rings is 7. The monoisotopic (exact) mass is 544 g/mol. The number of fused-ring (bicyclic) bond motifs is 2. The van der Waals surface area contributed by atoms with Crippen LogP contribution in [0.1, 0.15) is 5.56 Å². The summed E-state index contributed by atoms with van der Waals surface area (Å²) in [6, 6.07) is 56.2. The van der Waals surface area contributed by atoms with Crippen molar-refractivity contribution in [2.45, 2.75) is 6.61 Å². The van der Waals surface area contributed by atoms with Gasteiger partial charge in [-0.25, -0.2) is 0 Å². The van der Waals surface area contributed by atoms with Crippen LogP contribution in [0.5, 0.6) is 5.75 Å². The summed E-state index contributed by atoms with van der Waals surface area (Å²) >= 11 is 0. The fourth-order valence-electron chi connectivity index (χ4n) is 5.60. The van der Waals surface area contributed by atoms with E-state index >= 15 is 0 Å². The maximum Gasteiger partial charge on any atom is 0.128 e. The van der Waals surface area contributed by atoms with Crippen LogP contribution in [-0.4, -0.2) is 0 Å². The molecule has 0 aliphatic heterocycles. The fourth-order valence-corrected chi connectivity index (χ4v) is 6.62. The molecule has 1 atom stereocenters. The quantitative estimate of drug-likeness (QED) is 0.182. The van der Waals surface area contributed by atoms with E-state index in [-0.39, 0.29) is 0 Å². The first-order valence-electron chi connectivity index (χ1n) is 14.0. The molecule has 1 nitrogen and oxygen atoms in total. The lowest BCUT2D eigenvalue weighted by Crippen LogP contribution is -2.02. The Labute approximate surface area is 242 Å². The molecule has 0 radical (unpaired) electrons. The summed E-state index contributed by atoms with van der Waals surface area (Å²) in [5, 5.41) is 7.54. The van der Waals surface area contributed by atoms with Gasteiger partial charge in [-0.3, -0.25) is 0 Å². The van der Waals surface area contributed by atoms with Crippen molar-refractivity contribution in [3.63, 3.8) is 0 Å². The van der Waals surface area contributed by atoms with Crippen LogP contribution < -0.4 is 15.3 Å². The Morgan fingerprint density at radius 2 is 1.05 bits per heavy atom. The molecule has 0 aliphatic carbocycles. The van der Waals surface area contributed by atoms with Crippen LogP contribution >= 0.6 is 8.58 Å². The SMILES string of the molecule is c1ccc(Pc2ccc(-c3ccccc3-c3c(OCc4cccc5ccccc45)ccc4ccccc34)cc2)cc1. The van der Waals surface area contributed by atoms with E-state index in [1.807, 2.05) is 0 Å². The third kappa shape index (κ3) is 5.25. The molecule has 7 aromatic rings. The highest BCUT2D eigenvalue weighted by molar-refractivity contribution is 7.55. The van der Waals surface area contributed by atoms with Gasteiger partial charge in [0.05, 0.1) is 0 Å². The Morgan fingerprint density at radius 1 is 0.439 bits per heavy atom. The van der Waals surface area contributed by atoms with E-state index in [9.17, 15) is 0 Å². The van der Waals surface area contributed by atoms with Gasteiger partial charge in [-0.15, -0.1) is 0 Å². The highest BCUT2D eigenvalue weighted by Gasteiger charge is 2.16. The van der Waals surface area contributed by atoms with Crippen molar-refractivity contribution in [2.24, 2.45) is 0 Å². The molecule has 41 heavy (non-hydrogen) atoms. The molecular weight excluding hydrogens is 515 g/mol. The summed E-state index contributed by atoms with van der Waals surface area (Å²) in [6.07, 6.45) is 0. The second-order valence-electron chi connectivity index (χ2n) is 10.2. The minimum absolute atomic E-state index is 0.504. The average Bonchev–Trinajstić information content (AvgIpc) is 3.04. The maximum absolute atomic E-state index is 6.67. The van der Waals surface area contributed by atoms with Gasteiger partial charge in [0.25, 0.3) is 0 Å². The predicted octanol–water partition coefficient (Wildman–Crippen LogP) is 9.54. The summed E-state index contributed by atoms with van der Waals surface area (Å²) in [4.78, 5) is 0. The van der Waals surface area contributed by atoms with Crippen molar-refractivity contribution in [3.05, 3.63) is 163 Å². The maximum atomic E-state index is 6.67. The summed E-state index contributed by atoms with van der Waals surface area (Å²) in [5.41, 5.74) is 5.90. The number of ether oxygens (including phenoxy) is 1. The van der Waals surface area contributed by atoms with Gasteiger partial charge in [0.15, 0.2) is 0 Å². The van der Waals surface area contributed by atoms with E-state index in [0.29, 0.717) is 15.2 Å². The van der Waals surface area contributed by atoms with Gasteiger partial charge in [0.2, 0.25) is 0 Å². The molecule has 0 aliphatic rings. The first-order valence-corrected chi connectivity index (χ1v) is 15.0. The van der Waals surface area contributed by atoms with Gasteiger partial charge in [-0.2, -0.15) is 0 Å². The molecule has 0 spiro atoms. The third-order valence-electron chi connectivity index (χ3n) is 7.61. The van der Waals surface area contributed by atoms with Crippen LogP contribution in [0, 0.1) is 0 Å². The van der Waals surface area contributed by atoms with Crippen LogP contribution in [0.15, 0.2) is 158 Å². The molecule has 0 amide bonds. The Bertz CT molecular complexity index is 1950. The molecule has 0 heterocycles. The summed E-state index contributed by atoms with van der Waals surface area (Å²) < 4.78 is 6.67. The standard InChI is InChI=1S/C39H29OP/c1-2-15-32(16-3-1)41-33-24-21-30(22-25-33)35-18-8-9-20-37(35)39-36-19-7-5-12-29(36)23-26-38(39)40-27-31-14-10-13-28-11-4-6-17-34(28)31/h1-26,41H,27H2. The van der Waals surface area contributed by atoms with Gasteiger partial charge < -0.3 is 4.74 Å². The van der Waals surface area contributed by atoms with E-state index in [1.165, 1.54) is 54.4 Å². The Morgan fingerprint density at radius 3 is 1.85 bits per heavy atom. The minimum Gasteiger partial charge on any atom is -0.488 e. The molecule has 0 bridgehead atoms. The molecular formula is C39H29OP. The molecule has 196 valence electrons. The molecule has 1 unspecified atom stereocenters. The predicted molar refractivity (Wildman–Crippen MR) is 177 cm³/mol. The smallest absolute Gasteiger partial charge is 0.128 e. The van der Waals surface area contributed by atoms with Gasteiger partial charge >= 0.3 is 0 Å². The zero-order valence-electron chi connectivity index (χ0n) is 22.6. The number of hydrogen-bond donors (Lipinski definition) is 0. The van der Waals surface area contributed by atoms with Crippen molar-refractivity contribution in [2.75, 3.05) is 0 Å². The van der Waals surface area contributed by atoms with Crippen LogP contribution in [-0.2, 0) is 6.61 Å². The topological polar surface area (TPSA) is 9.23 Å². The van der Waals surface area contributed by atoms with Crippen molar-refractivity contribution in [1.82, 2.24) is 0 Å².